The molecule has 3 heteroatoms. The molecule has 1 heterocycles. The van der Waals surface area contributed by atoms with Crippen LogP contribution in [0.4, 0.5) is 0 Å². The summed E-state index contributed by atoms with van der Waals surface area (Å²) < 4.78 is 2.05. The monoisotopic (exact) mass is 242 g/mol. The van der Waals surface area contributed by atoms with Gasteiger partial charge >= 0.3 is 0 Å². The molecule has 13 heavy (non-hydrogen) atoms. The van der Waals surface area contributed by atoms with Crippen molar-refractivity contribution in [2.45, 2.75) is 32.2 Å². The van der Waals surface area contributed by atoms with Gasteiger partial charge in [0.2, 0.25) is 0 Å². The maximum atomic E-state index is 4.34. The number of halogens is 1. The van der Waals surface area contributed by atoms with E-state index in [-0.39, 0.29) is 0 Å². The van der Waals surface area contributed by atoms with Crippen molar-refractivity contribution < 1.29 is 0 Å². The van der Waals surface area contributed by atoms with Crippen LogP contribution in [0.25, 0.3) is 0 Å². The number of aryl methyl sites for hydroxylation is 1. The fraction of sp³-hybridized carbons (Fsp3) is 0.700. The van der Waals surface area contributed by atoms with Crippen molar-refractivity contribution in [3.8, 4) is 0 Å². The molecule has 1 saturated carbocycles. The molecular formula is C10H15BrN2. The van der Waals surface area contributed by atoms with Gasteiger partial charge in [-0.05, 0) is 30.2 Å². The summed E-state index contributed by atoms with van der Waals surface area (Å²) in [5, 5.41) is 5.47. The average molecular weight is 243 g/mol. The summed E-state index contributed by atoms with van der Waals surface area (Å²) >= 11 is 3.52. The van der Waals surface area contributed by atoms with Crippen molar-refractivity contribution in [1.29, 1.82) is 0 Å². The highest BCUT2D eigenvalue weighted by atomic mass is 79.9. The van der Waals surface area contributed by atoms with E-state index in [1.165, 1.54) is 12.0 Å². The van der Waals surface area contributed by atoms with Crippen molar-refractivity contribution in [2.24, 2.45) is 5.92 Å². The number of rotatable bonds is 4. The number of hydrogen-bond acceptors (Lipinski definition) is 1. The van der Waals surface area contributed by atoms with Gasteiger partial charge in [-0.15, -0.1) is 0 Å². The van der Waals surface area contributed by atoms with E-state index in [1.807, 2.05) is 6.20 Å². The number of nitrogens with zero attached hydrogens (tertiary/aromatic N) is 2. The van der Waals surface area contributed by atoms with Crippen molar-refractivity contribution >= 4 is 15.9 Å². The van der Waals surface area contributed by atoms with E-state index >= 15 is 0 Å². The van der Waals surface area contributed by atoms with Crippen LogP contribution in [-0.2, 0) is 6.54 Å². The maximum Gasteiger partial charge on any atom is 0.0524 e. The zero-order valence-electron chi connectivity index (χ0n) is 7.91. The first-order chi connectivity index (χ1) is 6.35. The predicted octanol–water partition coefficient (Wildman–Crippen LogP) is 2.79. The Bertz CT molecular complexity index is 282. The van der Waals surface area contributed by atoms with Crippen LogP contribution < -0.4 is 0 Å². The molecule has 0 aliphatic heterocycles. The number of aromatic nitrogens is 2. The largest absolute Gasteiger partial charge is 0.272 e. The highest BCUT2D eigenvalue weighted by molar-refractivity contribution is 9.09. The van der Waals surface area contributed by atoms with Gasteiger partial charge < -0.3 is 0 Å². The second kappa shape index (κ2) is 3.82. The van der Waals surface area contributed by atoms with Gasteiger partial charge in [-0.1, -0.05) is 22.9 Å². The van der Waals surface area contributed by atoms with Crippen molar-refractivity contribution in [3.05, 3.63) is 18.0 Å². The minimum absolute atomic E-state index is 0.782. The quantitative estimate of drug-likeness (QED) is 0.743. The fourth-order valence-electron chi connectivity index (χ4n) is 1.75. The van der Waals surface area contributed by atoms with Crippen LogP contribution in [0, 0.1) is 5.92 Å². The Labute approximate surface area is 87.5 Å². The summed E-state index contributed by atoms with van der Waals surface area (Å²) in [6.45, 7) is 3.23. The Morgan fingerprint density at radius 3 is 3.15 bits per heavy atom. The van der Waals surface area contributed by atoms with E-state index in [9.17, 15) is 0 Å². The van der Waals surface area contributed by atoms with Gasteiger partial charge in [0.05, 0.1) is 6.20 Å². The SMILES string of the molecule is CCCn1cc(C2CC2CBr)cn1. The molecule has 1 aromatic heterocycles. The van der Waals surface area contributed by atoms with Crippen LogP contribution in [0.1, 0.15) is 31.2 Å². The summed E-state index contributed by atoms with van der Waals surface area (Å²) in [5.74, 6) is 1.64. The summed E-state index contributed by atoms with van der Waals surface area (Å²) in [6.07, 6.45) is 6.73. The zero-order valence-corrected chi connectivity index (χ0v) is 9.50. The Morgan fingerprint density at radius 1 is 1.69 bits per heavy atom. The van der Waals surface area contributed by atoms with Gasteiger partial charge in [-0.2, -0.15) is 5.10 Å². The second-order valence-electron chi connectivity index (χ2n) is 3.79. The van der Waals surface area contributed by atoms with Crippen LogP contribution in [-0.4, -0.2) is 15.1 Å². The summed E-state index contributed by atoms with van der Waals surface area (Å²) in [5.41, 5.74) is 1.43. The molecule has 1 aliphatic rings. The van der Waals surface area contributed by atoms with Crippen LogP contribution in [0.3, 0.4) is 0 Å². The lowest BCUT2D eigenvalue weighted by molar-refractivity contribution is 0.602. The molecule has 0 amide bonds. The lowest BCUT2D eigenvalue weighted by atomic mass is 10.2. The normalized spacial score (nSPS) is 26.3. The minimum Gasteiger partial charge on any atom is -0.272 e. The third-order valence-corrected chi connectivity index (χ3v) is 3.49. The molecule has 0 aromatic carbocycles. The third-order valence-electron chi connectivity index (χ3n) is 2.65. The third kappa shape index (κ3) is 1.96. The van der Waals surface area contributed by atoms with Crippen molar-refractivity contribution in [2.75, 3.05) is 5.33 Å². The first kappa shape index (κ1) is 9.25. The van der Waals surface area contributed by atoms with Crippen LogP contribution in [0.15, 0.2) is 12.4 Å². The Kier molecular flexibility index (Phi) is 2.72. The summed E-state index contributed by atoms with van der Waals surface area (Å²) in [6, 6.07) is 0. The van der Waals surface area contributed by atoms with Gasteiger partial charge in [-0.25, -0.2) is 0 Å². The topological polar surface area (TPSA) is 17.8 Å². The Hall–Kier alpha value is -0.310. The highest BCUT2D eigenvalue weighted by Gasteiger charge is 2.37. The van der Waals surface area contributed by atoms with Gasteiger partial charge in [0.15, 0.2) is 0 Å². The molecule has 1 aromatic rings. The van der Waals surface area contributed by atoms with E-state index in [1.54, 1.807) is 0 Å². The van der Waals surface area contributed by atoms with E-state index in [4.69, 9.17) is 0 Å². The molecule has 0 radical (unpaired) electrons. The lowest BCUT2D eigenvalue weighted by Gasteiger charge is -1.95. The lowest BCUT2D eigenvalue weighted by Crippen LogP contribution is -1.95. The summed E-state index contributed by atoms with van der Waals surface area (Å²) in [4.78, 5) is 0. The average Bonchev–Trinajstić information content (AvgIpc) is 2.80. The Balaban J connectivity index is 1.98. The molecule has 0 saturated heterocycles. The minimum atomic E-state index is 0.782. The molecule has 0 spiro atoms. The molecule has 1 aliphatic carbocycles. The zero-order chi connectivity index (χ0) is 9.26. The molecule has 2 nitrogen and oxygen atoms in total. The van der Waals surface area contributed by atoms with Crippen LogP contribution in [0.5, 0.6) is 0 Å². The van der Waals surface area contributed by atoms with E-state index in [0.29, 0.717) is 0 Å². The first-order valence-electron chi connectivity index (χ1n) is 4.93. The molecule has 0 bridgehead atoms. The number of alkyl halides is 1. The highest BCUT2D eigenvalue weighted by Crippen LogP contribution is 2.48. The molecule has 2 unspecified atom stereocenters. The fourth-order valence-corrected chi connectivity index (χ4v) is 2.46. The maximum absolute atomic E-state index is 4.34. The molecule has 2 rings (SSSR count). The van der Waals surface area contributed by atoms with Crippen LogP contribution in [0.2, 0.25) is 0 Å². The molecule has 2 atom stereocenters. The van der Waals surface area contributed by atoms with Crippen molar-refractivity contribution in [3.63, 3.8) is 0 Å². The van der Waals surface area contributed by atoms with E-state index in [0.717, 1.165) is 30.1 Å². The van der Waals surface area contributed by atoms with E-state index in [2.05, 4.69) is 38.8 Å². The Morgan fingerprint density at radius 2 is 2.54 bits per heavy atom. The number of hydrogen-bond donors (Lipinski definition) is 0. The van der Waals surface area contributed by atoms with Gasteiger partial charge in [0.1, 0.15) is 0 Å². The molecule has 0 N–H and O–H groups in total. The molecular weight excluding hydrogens is 228 g/mol. The molecule has 72 valence electrons. The van der Waals surface area contributed by atoms with Gasteiger partial charge in [0.25, 0.3) is 0 Å². The molecule has 1 fully saturated rings. The second-order valence-corrected chi connectivity index (χ2v) is 4.44. The van der Waals surface area contributed by atoms with Gasteiger partial charge in [-0.3, -0.25) is 4.68 Å². The van der Waals surface area contributed by atoms with Crippen LogP contribution >= 0.6 is 15.9 Å². The summed E-state index contributed by atoms with van der Waals surface area (Å²) in [7, 11) is 0. The van der Waals surface area contributed by atoms with E-state index < -0.39 is 0 Å². The first-order valence-corrected chi connectivity index (χ1v) is 6.05. The smallest absolute Gasteiger partial charge is 0.0524 e. The van der Waals surface area contributed by atoms with Crippen molar-refractivity contribution in [1.82, 2.24) is 9.78 Å². The standard InChI is InChI=1S/C10H15BrN2/c1-2-3-13-7-9(6-12-13)10-4-8(10)5-11/h6-8,10H,2-5H2,1H3. The van der Waals surface area contributed by atoms with Gasteiger partial charge in [0, 0.05) is 18.1 Å². The predicted molar refractivity (Wildman–Crippen MR) is 57.2 cm³/mol.